The first kappa shape index (κ1) is 73.4. The van der Waals surface area contributed by atoms with Gasteiger partial charge in [-0.1, -0.05) is 95.2 Å². The van der Waals surface area contributed by atoms with E-state index in [9.17, 15) is 36.6 Å². The highest BCUT2D eigenvalue weighted by molar-refractivity contribution is 14.1. The average molecular weight is 1500 g/mol. The van der Waals surface area contributed by atoms with E-state index in [-0.39, 0.29) is 57.3 Å². The van der Waals surface area contributed by atoms with Gasteiger partial charge >= 0.3 is 0 Å². The number of nitrogen functional groups attached to an aromatic ring is 3. The van der Waals surface area contributed by atoms with Gasteiger partial charge in [0.05, 0.1) is 135 Å². The number of carbonyl (C=O) groups is 5. The van der Waals surface area contributed by atoms with Gasteiger partial charge in [0, 0.05) is 51.7 Å². The minimum Gasteiger partial charge on any atom is -0.383 e. The predicted molar refractivity (Wildman–Crippen MR) is 368 cm³/mol. The first-order valence-corrected chi connectivity index (χ1v) is 42.0. The fourth-order valence-electron chi connectivity index (χ4n) is 6.82. The Hall–Kier alpha value is -6.06. The number of halogens is 2. The number of pyridine rings is 3. The Morgan fingerprint density at radius 2 is 0.897 bits per heavy atom. The van der Waals surface area contributed by atoms with Crippen molar-refractivity contribution in [2.45, 2.75) is 66.0 Å². The highest BCUT2D eigenvalue weighted by Gasteiger charge is 2.22. The maximum absolute atomic E-state index is 12.6. The number of terminal acetylenes is 1. The van der Waals surface area contributed by atoms with Crippen LogP contribution in [0.2, 0.25) is 39.3 Å². The summed E-state index contributed by atoms with van der Waals surface area (Å²) < 4.78 is 66.2. The number of hydrogen-bond acceptors (Lipinski definition) is 17. The molecular formula is C60H73I2N9O11S3Si2. The molecule has 0 bridgehead atoms. The number of aromatic nitrogens is 3. The fourth-order valence-corrected chi connectivity index (χ4v) is 13.0. The van der Waals surface area contributed by atoms with E-state index in [0.29, 0.717) is 101 Å². The number of nitrogens with zero attached hydrogens (tertiary/aromatic N) is 6. The van der Waals surface area contributed by atoms with E-state index < -0.39 is 63.1 Å². The Kier molecular flexibility index (Phi) is 29.2. The van der Waals surface area contributed by atoms with Crippen LogP contribution in [0.25, 0.3) is 0 Å². The van der Waals surface area contributed by atoms with Crippen LogP contribution in [-0.4, -0.2) is 147 Å². The second kappa shape index (κ2) is 34.6. The Labute approximate surface area is 541 Å². The molecule has 0 spiro atoms. The van der Waals surface area contributed by atoms with Crippen molar-refractivity contribution in [1.82, 2.24) is 15.0 Å². The molecule has 3 amide bonds. The first-order chi connectivity index (χ1) is 40.9. The molecule has 3 aliphatic heterocycles. The third kappa shape index (κ3) is 26.3. The lowest BCUT2D eigenvalue weighted by atomic mass is 10.1. The Morgan fingerprint density at radius 3 is 1.26 bits per heavy atom. The van der Waals surface area contributed by atoms with Crippen molar-refractivity contribution >= 4 is 137 Å². The molecule has 87 heavy (non-hydrogen) atoms. The van der Waals surface area contributed by atoms with E-state index in [1.165, 1.54) is 24.7 Å². The SMILES string of the molecule is C#C[Si](C)(C)C.CCC(=O)c1cccc(C#Cc2cc(C(=O)N=S3(=O)CCOCC3)cnc2N)c1.CCC(=O)c1cccc(I)c1.C[Si](C)(C)C#Cc1cc(C(=O)N=S2(=O)CCOCC2)cnc1N.Nc1ncc(C(=O)N=S2(=O)CCOCC2)cc1I. The number of Topliss-reactive ketones (excluding diaryl/α,β-unsaturated/α-hetero) is 2. The van der Waals surface area contributed by atoms with Gasteiger partial charge in [0.25, 0.3) is 17.7 Å². The van der Waals surface area contributed by atoms with Crippen LogP contribution in [0.4, 0.5) is 17.5 Å². The summed E-state index contributed by atoms with van der Waals surface area (Å²) in [5.74, 6) is 9.87. The van der Waals surface area contributed by atoms with E-state index in [4.69, 9.17) is 37.8 Å². The zero-order chi connectivity index (χ0) is 64.6. The van der Waals surface area contributed by atoms with Crippen LogP contribution in [0.3, 0.4) is 0 Å². The minimum absolute atomic E-state index is 0.0335. The number of ether oxygens (including phenoxy) is 3. The van der Waals surface area contributed by atoms with Crippen molar-refractivity contribution < 1.29 is 50.8 Å². The van der Waals surface area contributed by atoms with E-state index >= 15 is 0 Å². The lowest BCUT2D eigenvalue weighted by Gasteiger charge is -2.15. The van der Waals surface area contributed by atoms with Crippen molar-refractivity contribution in [2.24, 2.45) is 13.1 Å². The molecule has 2 aromatic carbocycles. The van der Waals surface area contributed by atoms with Crippen molar-refractivity contribution in [1.29, 1.82) is 0 Å². The molecule has 464 valence electrons. The summed E-state index contributed by atoms with van der Waals surface area (Å²) in [5.41, 5.74) is 26.9. The van der Waals surface area contributed by atoms with Crippen LogP contribution < -0.4 is 17.2 Å². The van der Waals surface area contributed by atoms with Crippen LogP contribution in [-0.2, 0) is 43.4 Å². The fraction of sp³-hybridized carbons (Fsp3) is 0.367. The lowest BCUT2D eigenvalue weighted by Crippen LogP contribution is -2.26. The molecular weight excluding hydrogens is 1430 g/mol. The molecule has 6 N–H and O–H groups in total. The molecule has 6 heterocycles. The number of rotatable bonds is 7. The van der Waals surface area contributed by atoms with Gasteiger partial charge in [-0.05, 0) is 87.6 Å². The lowest BCUT2D eigenvalue weighted by molar-refractivity contribution is 0.0980. The Balaban J connectivity index is 0.000000250. The number of carbonyl (C=O) groups excluding carboxylic acids is 5. The minimum atomic E-state index is -2.61. The molecule has 0 radical (unpaired) electrons. The van der Waals surface area contributed by atoms with Gasteiger partial charge in [-0.25, -0.2) is 27.6 Å². The number of nitrogens with two attached hydrogens (primary N) is 3. The summed E-state index contributed by atoms with van der Waals surface area (Å²) in [4.78, 5) is 71.6. The van der Waals surface area contributed by atoms with E-state index in [2.05, 4.69) is 119 Å². The van der Waals surface area contributed by atoms with Gasteiger partial charge in [-0.2, -0.15) is 13.1 Å². The molecule has 0 atom stereocenters. The molecule has 27 heteroatoms. The number of ketones is 2. The van der Waals surface area contributed by atoms with Crippen LogP contribution >= 0.6 is 45.2 Å². The molecule has 20 nitrogen and oxygen atoms in total. The monoisotopic (exact) mass is 1500 g/mol. The summed E-state index contributed by atoms with van der Waals surface area (Å²) in [7, 11) is -10.3. The standard InChI is InChI=1S/C21H21N3O4S.C15H21N3O3SSi.C10H12IN3O3S.C9H9IO.C5H10Si/c1-2-19(25)16-5-3-4-15(12-16)6-7-17-13-18(14-23-20(17)22)21(26)24-29(27)10-8-28-9-11-29;1-23(2,3)9-4-12-10-13(11-17-14(12)16)15(19)18-22(20)7-5-21-6-8-22;11-8-5-7(6-13-9(8)12)10(15)14-18(16)3-1-17-2-4-18;1-2-9(11)7-4-3-5-8(10)6-7;1-5-6(2,3)4/h3-5,12-14H,2,8-11H2,1H3,(H2,22,23);10-11H,5-8H2,1-3H3,(H2,16,17);5-6H,1-4H2,(H2,12,13);3-6H,2H2,1H3;1H,2-4H3. The molecule has 0 saturated carbocycles. The quantitative estimate of drug-likeness (QED) is 0.0592. The molecule has 3 aliphatic rings. The summed E-state index contributed by atoms with van der Waals surface area (Å²) in [6, 6.07) is 19.3. The predicted octanol–water partition coefficient (Wildman–Crippen LogP) is 9.11. The smallest absolute Gasteiger partial charge is 0.286 e. The molecule has 3 fully saturated rings. The van der Waals surface area contributed by atoms with Gasteiger partial charge in [0.2, 0.25) is 0 Å². The van der Waals surface area contributed by atoms with Crippen LogP contribution in [0.5, 0.6) is 0 Å². The Bertz CT molecular complexity index is 3890. The third-order valence-corrected chi connectivity index (χ3v) is 21.4. The third-order valence-electron chi connectivity index (χ3n) is 11.8. The van der Waals surface area contributed by atoms with Gasteiger partial charge < -0.3 is 31.4 Å². The summed E-state index contributed by atoms with van der Waals surface area (Å²) in [5, 5.41) is 0. The number of anilines is 3. The van der Waals surface area contributed by atoms with Crippen LogP contribution in [0.15, 0.2) is 98.4 Å². The molecule has 8 rings (SSSR count). The number of amides is 3. The van der Waals surface area contributed by atoms with Gasteiger partial charge in [0.1, 0.15) is 33.6 Å². The zero-order valence-corrected chi connectivity index (χ0v) is 58.7. The number of benzene rings is 2. The average Bonchev–Trinajstić information content (AvgIpc) is 3.47. The van der Waals surface area contributed by atoms with Crippen molar-refractivity contribution in [3.05, 3.63) is 137 Å². The van der Waals surface area contributed by atoms with Gasteiger partial charge in [-0.15, -0.1) is 17.5 Å². The Morgan fingerprint density at radius 1 is 0.529 bits per heavy atom. The first-order valence-electron chi connectivity index (χ1n) is 27.3. The maximum Gasteiger partial charge on any atom is 0.286 e. The second-order valence-corrected chi connectivity index (χ2v) is 40.8. The van der Waals surface area contributed by atoms with E-state index in [0.717, 1.165) is 9.13 Å². The summed E-state index contributed by atoms with van der Waals surface area (Å²) in [6.07, 6.45) is 10.1. The topological polar surface area (TPSA) is 318 Å². The summed E-state index contributed by atoms with van der Waals surface area (Å²) in [6.45, 7) is 18.6. The van der Waals surface area contributed by atoms with Crippen molar-refractivity contribution in [2.75, 3.05) is 91.4 Å². The van der Waals surface area contributed by atoms with Crippen molar-refractivity contribution in [3.63, 3.8) is 0 Å². The second-order valence-electron chi connectivity index (χ2n) is 21.3. The highest BCUT2D eigenvalue weighted by atomic mass is 127. The summed E-state index contributed by atoms with van der Waals surface area (Å²) >= 11 is 4.19. The van der Waals surface area contributed by atoms with E-state index in [1.54, 1.807) is 43.3 Å². The zero-order valence-electron chi connectivity index (χ0n) is 49.9. The number of hydrogen-bond donors (Lipinski definition) is 3. The van der Waals surface area contributed by atoms with Gasteiger partial charge in [0.15, 0.2) is 11.6 Å². The van der Waals surface area contributed by atoms with Crippen molar-refractivity contribution in [3.8, 4) is 35.3 Å². The maximum atomic E-state index is 12.6. The van der Waals surface area contributed by atoms with Gasteiger partial charge in [-0.3, -0.25) is 24.0 Å². The molecule has 5 aromatic rings. The molecule has 3 aromatic heterocycles. The van der Waals surface area contributed by atoms with Crippen LogP contribution in [0, 0.1) is 42.4 Å². The molecule has 0 aliphatic carbocycles. The molecule has 0 unspecified atom stereocenters. The highest BCUT2D eigenvalue weighted by Crippen LogP contribution is 2.18. The molecule has 3 saturated heterocycles. The van der Waals surface area contributed by atoms with E-state index in [1.807, 2.05) is 53.8 Å². The largest absolute Gasteiger partial charge is 0.383 e. The van der Waals surface area contributed by atoms with Crippen LogP contribution in [0.1, 0.15) is 95.2 Å². The normalized spacial score (nSPS) is 15.2.